The van der Waals surface area contributed by atoms with Crippen molar-refractivity contribution in [3.8, 4) is 0 Å². The second-order valence-electron chi connectivity index (χ2n) is 4.57. The predicted molar refractivity (Wildman–Crippen MR) is 93.7 cm³/mol. The van der Waals surface area contributed by atoms with Gasteiger partial charge in [-0.15, -0.1) is 0 Å². The van der Waals surface area contributed by atoms with Crippen molar-refractivity contribution >= 4 is 52.2 Å². The number of benzene rings is 1. The third kappa shape index (κ3) is 4.18. The number of rotatable bonds is 2. The molecule has 2 aromatic rings. The summed E-state index contributed by atoms with van der Waals surface area (Å²) in [6.45, 7) is 0. The Kier molecular flexibility index (Phi) is 5.31. The predicted octanol–water partition coefficient (Wildman–Crippen LogP) is 1.41. The first-order valence-electron chi connectivity index (χ1n) is 6.47. The highest BCUT2D eigenvalue weighted by Gasteiger charge is 2.20. The highest BCUT2D eigenvalue weighted by Crippen LogP contribution is 2.18. The van der Waals surface area contributed by atoms with Gasteiger partial charge in [0.25, 0.3) is 5.91 Å². The number of nitrogen functional groups attached to an aromatic ring is 2. The third-order valence-corrected chi connectivity index (χ3v) is 3.25. The molecule has 1 heterocycles. The van der Waals surface area contributed by atoms with Crippen LogP contribution in [0.15, 0.2) is 24.3 Å². The Balaban J connectivity index is 2.04. The van der Waals surface area contributed by atoms with Gasteiger partial charge in [-0.25, -0.2) is 14.4 Å². The largest absolute Gasteiger partial charge is 0.382 e. The van der Waals surface area contributed by atoms with Crippen LogP contribution in [0.2, 0.25) is 5.15 Å². The van der Waals surface area contributed by atoms with E-state index in [0.717, 1.165) is 5.01 Å². The van der Waals surface area contributed by atoms with Crippen molar-refractivity contribution in [2.75, 3.05) is 23.8 Å². The van der Waals surface area contributed by atoms with Crippen molar-refractivity contribution < 1.29 is 9.18 Å². The zero-order chi connectivity index (χ0) is 17.9. The lowest BCUT2D eigenvalue weighted by molar-refractivity contribution is 0.0755. The van der Waals surface area contributed by atoms with Gasteiger partial charge >= 0.3 is 0 Å². The minimum absolute atomic E-state index is 0.0742. The Morgan fingerprint density at radius 3 is 2.50 bits per heavy atom. The number of nitrogens with two attached hydrogens (primary N) is 2. The van der Waals surface area contributed by atoms with E-state index in [1.54, 1.807) is 0 Å². The number of hydrogen-bond donors (Lipinski definition) is 4. The summed E-state index contributed by atoms with van der Waals surface area (Å²) in [5.41, 5.74) is 14.1. The standard InChI is InChI=1S/C13H13ClFN7OS/c1-22(12(23)8-10(16)20-11(17)9(14)19-8)21-13(24)18-7-4-2-6(15)3-5-7/h2-5H,1H3,(H4,16,17,20)(H2,18,21,24). The van der Waals surface area contributed by atoms with Crippen molar-refractivity contribution in [2.24, 2.45) is 0 Å². The number of nitrogens with zero attached hydrogens (tertiary/aromatic N) is 3. The first-order valence-corrected chi connectivity index (χ1v) is 7.26. The highest BCUT2D eigenvalue weighted by molar-refractivity contribution is 7.80. The fraction of sp³-hybridized carbons (Fsp3) is 0.0769. The molecule has 0 saturated carbocycles. The number of anilines is 3. The molecular formula is C13H13ClFN7OS. The van der Waals surface area contributed by atoms with E-state index in [1.807, 2.05) is 0 Å². The smallest absolute Gasteiger partial charge is 0.294 e. The molecule has 1 aromatic carbocycles. The van der Waals surface area contributed by atoms with E-state index in [0.29, 0.717) is 5.69 Å². The molecule has 2 rings (SSSR count). The zero-order valence-corrected chi connectivity index (χ0v) is 14.0. The van der Waals surface area contributed by atoms with Crippen LogP contribution in [0.1, 0.15) is 10.5 Å². The van der Waals surface area contributed by atoms with E-state index in [1.165, 1.54) is 31.3 Å². The summed E-state index contributed by atoms with van der Waals surface area (Å²) in [5.74, 6) is -1.23. The maximum Gasteiger partial charge on any atom is 0.294 e. The summed E-state index contributed by atoms with van der Waals surface area (Å²) in [7, 11) is 1.41. The van der Waals surface area contributed by atoms with Crippen LogP contribution in [0, 0.1) is 5.82 Å². The number of nitrogens with one attached hydrogen (secondary N) is 2. The molecule has 0 saturated heterocycles. The lowest BCUT2D eigenvalue weighted by Gasteiger charge is -2.20. The first kappa shape index (κ1) is 17.6. The van der Waals surface area contributed by atoms with Gasteiger partial charge in [0.1, 0.15) is 5.82 Å². The van der Waals surface area contributed by atoms with Crippen molar-refractivity contribution in [1.29, 1.82) is 0 Å². The summed E-state index contributed by atoms with van der Waals surface area (Å²) in [6.07, 6.45) is 0. The number of aromatic nitrogens is 2. The first-order chi connectivity index (χ1) is 11.3. The Labute approximate surface area is 147 Å². The molecule has 24 heavy (non-hydrogen) atoms. The van der Waals surface area contributed by atoms with Gasteiger partial charge in [-0.1, -0.05) is 11.6 Å². The summed E-state index contributed by atoms with van der Waals surface area (Å²) >= 11 is 10.8. The number of carbonyl (C=O) groups is 1. The summed E-state index contributed by atoms with van der Waals surface area (Å²) in [6, 6.07) is 5.53. The van der Waals surface area contributed by atoms with Crippen LogP contribution in [0.25, 0.3) is 0 Å². The third-order valence-electron chi connectivity index (χ3n) is 2.78. The molecule has 1 amide bonds. The van der Waals surface area contributed by atoms with Gasteiger partial charge in [-0.05, 0) is 36.5 Å². The van der Waals surface area contributed by atoms with E-state index in [2.05, 4.69) is 20.7 Å². The van der Waals surface area contributed by atoms with Crippen molar-refractivity contribution in [1.82, 2.24) is 20.4 Å². The van der Waals surface area contributed by atoms with Crippen LogP contribution in [0.5, 0.6) is 0 Å². The molecule has 0 spiro atoms. The van der Waals surface area contributed by atoms with Crippen molar-refractivity contribution in [3.63, 3.8) is 0 Å². The second-order valence-corrected chi connectivity index (χ2v) is 5.34. The fourth-order valence-corrected chi connectivity index (χ4v) is 2.03. The molecule has 0 aliphatic heterocycles. The maximum atomic E-state index is 12.9. The minimum atomic E-state index is -0.620. The van der Waals surface area contributed by atoms with Crippen LogP contribution < -0.4 is 22.2 Å². The molecule has 0 unspecified atom stereocenters. The van der Waals surface area contributed by atoms with Crippen molar-refractivity contribution in [3.05, 3.63) is 40.9 Å². The van der Waals surface area contributed by atoms with E-state index in [9.17, 15) is 9.18 Å². The number of hydrogen-bond acceptors (Lipinski definition) is 6. The average molecular weight is 370 g/mol. The van der Waals surface area contributed by atoms with Crippen molar-refractivity contribution in [2.45, 2.75) is 0 Å². The van der Waals surface area contributed by atoms with Crippen LogP contribution in [0.3, 0.4) is 0 Å². The van der Waals surface area contributed by atoms with Crippen LogP contribution in [-0.4, -0.2) is 33.0 Å². The topological polar surface area (TPSA) is 122 Å². The van der Waals surface area contributed by atoms with E-state index in [4.69, 9.17) is 35.3 Å². The Hall–Kier alpha value is -2.72. The molecule has 0 bridgehead atoms. The van der Waals surface area contributed by atoms with Gasteiger partial charge in [0, 0.05) is 12.7 Å². The molecule has 8 nitrogen and oxygen atoms in total. The van der Waals surface area contributed by atoms with E-state index < -0.39 is 5.91 Å². The van der Waals surface area contributed by atoms with Gasteiger partial charge in [-0.3, -0.25) is 15.2 Å². The minimum Gasteiger partial charge on any atom is -0.382 e. The van der Waals surface area contributed by atoms with E-state index >= 15 is 0 Å². The monoisotopic (exact) mass is 369 g/mol. The maximum absolute atomic E-state index is 12.9. The molecule has 0 atom stereocenters. The molecule has 0 aliphatic carbocycles. The quantitative estimate of drug-likeness (QED) is 0.463. The summed E-state index contributed by atoms with van der Waals surface area (Å²) in [5, 5.41) is 3.81. The SMILES string of the molecule is CN(NC(=S)Nc1ccc(F)cc1)C(=O)c1nc(Cl)c(N)nc1N. The molecule has 1 aromatic heterocycles. The molecule has 11 heteroatoms. The van der Waals surface area contributed by atoms with E-state index in [-0.39, 0.29) is 33.4 Å². The van der Waals surface area contributed by atoms with Crippen LogP contribution in [0.4, 0.5) is 21.7 Å². The zero-order valence-electron chi connectivity index (χ0n) is 12.4. The number of carbonyl (C=O) groups excluding carboxylic acids is 1. The molecular weight excluding hydrogens is 357 g/mol. The Morgan fingerprint density at radius 2 is 1.88 bits per heavy atom. The highest BCUT2D eigenvalue weighted by atomic mass is 35.5. The molecule has 0 aliphatic rings. The fourth-order valence-electron chi connectivity index (χ4n) is 1.65. The lowest BCUT2D eigenvalue weighted by atomic mass is 10.3. The molecule has 6 N–H and O–H groups in total. The second kappa shape index (κ2) is 7.23. The van der Waals surface area contributed by atoms with Crippen LogP contribution >= 0.6 is 23.8 Å². The summed E-state index contributed by atoms with van der Waals surface area (Å²) in [4.78, 5) is 19.9. The molecule has 0 fully saturated rings. The lowest BCUT2D eigenvalue weighted by Crippen LogP contribution is -2.45. The molecule has 126 valence electrons. The normalized spacial score (nSPS) is 10.1. The van der Waals surface area contributed by atoms with Gasteiger partial charge in [0.2, 0.25) is 0 Å². The summed E-state index contributed by atoms with van der Waals surface area (Å²) < 4.78 is 12.9. The number of halogens is 2. The van der Waals surface area contributed by atoms with Gasteiger partial charge < -0.3 is 16.8 Å². The van der Waals surface area contributed by atoms with Gasteiger partial charge in [0.15, 0.2) is 27.6 Å². The average Bonchev–Trinajstić information content (AvgIpc) is 2.52. The Bertz CT molecular complexity index is 787. The Morgan fingerprint density at radius 1 is 1.25 bits per heavy atom. The van der Waals surface area contributed by atoms with Crippen LogP contribution in [-0.2, 0) is 0 Å². The number of thiocarbonyl (C=S) groups is 1. The number of amides is 1. The molecule has 0 radical (unpaired) electrons. The van der Waals surface area contributed by atoms with Gasteiger partial charge in [0.05, 0.1) is 0 Å². The van der Waals surface area contributed by atoms with Gasteiger partial charge in [-0.2, -0.15) is 0 Å². The number of hydrazine groups is 1.